The van der Waals surface area contributed by atoms with Crippen molar-refractivity contribution in [3.05, 3.63) is 4.91 Å². The van der Waals surface area contributed by atoms with Crippen molar-refractivity contribution in [2.24, 2.45) is 5.29 Å². The fraction of sp³-hybridized carbons (Fsp3) is 1.00. The van der Waals surface area contributed by atoms with Gasteiger partial charge in [-0.15, -0.1) is 0 Å². The summed E-state index contributed by atoms with van der Waals surface area (Å²) in [4.78, 5) is 10.4. The molecular formula is C6H15N4O+. The monoisotopic (exact) mass is 159 g/mol. The topological polar surface area (TPSA) is 35.9 Å². The van der Waals surface area contributed by atoms with Crippen molar-refractivity contribution in [3.8, 4) is 0 Å². The van der Waals surface area contributed by atoms with E-state index < -0.39 is 0 Å². The lowest BCUT2D eigenvalue weighted by Crippen LogP contribution is -2.71. The van der Waals surface area contributed by atoms with Crippen molar-refractivity contribution >= 4 is 0 Å². The van der Waals surface area contributed by atoms with E-state index in [2.05, 4.69) is 12.2 Å². The number of nitroso groups, excluding NO2 is 1. The van der Waals surface area contributed by atoms with Crippen molar-refractivity contribution < 1.29 is 4.70 Å². The van der Waals surface area contributed by atoms with Gasteiger partial charge in [0.05, 0.1) is 6.54 Å². The van der Waals surface area contributed by atoms with Crippen LogP contribution in [-0.2, 0) is 0 Å². The largest absolute Gasteiger partial charge is 0.193 e. The molecule has 5 heteroatoms. The van der Waals surface area contributed by atoms with Gasteiger partial charge in [-0.1, -0.05) is 14.7 Å². The molecule has 0 saturated carbocycles. The van der Waals surface area contributed by atoms with E-state index >= 15 is 0 Å². The van der Waals surface area contributed by atoms with Crippen molar-refractivity contribution in [1.82, 2.24) is 10.1 Å². The normalized spacial score (nSPS) is 28.2. The van der Waals surface area contributed by atoms with Crippen LogP contribution in [-0.4, -0.2) is 48.6 Å². The van der Waals surface area contributed by atoms with Gasteiger partial charge in [0.2, 0.25) is 0 Å². The summed E-state index contributed by atoms with van der Waals surface area (Å²) in [6, 6.07) is 0.522. The van der Waals surface area contributed by atoms with Gasteiger partial charge >= 0.3 is 0 Å². The van der Waals surface area contributed by atoms with Crippen molar-refractivity contribution in [2.75, 3.05) is 27.7 Å². The highest BCUT2D eigenvalue weighted by Crippen LogP contribution is 2.21. The first kappa shape index (κ1) is 8.58. The molecule has 1 atom stereocenters. The first-order valence-corrected chi connectivity index (χ1v) is 3.68. The van der Waals surface area contributed by atoms with Gasteiger partial charge in [0.1, 0.15) is 14.1 Å². The van der Waals surface area contributed by atoms with Gasteiger partial charge in [-0.05, 0) is 6.92 Å². The standard InChI is InChI=1S/C6H15N4O/c1-6-5-9(8(6)2)10(3,4)7-11/h6H,5H2,1-4H3/q+1. The van der Waals surface area contributed by atoms with Crippen LogP contribution in [0.4, 0.5) is 0 Å². The Hall–Kier alpha value is -0.520. The Morgan fingerprint density at radius 1 is 1.55 bits per heavy atom. The molecule has 0 bridgehead atoms. The number of hydrazine groups is 1. The molecule has 1 rings (SSSR count). The first-order chi connectivity index (χ1) is 4.99. The van der Waals surface area contributed by atoms with Crippen LogP contribution in [0.2, 0.25) is 0 Å². The Balaban J connectivity index is 2.57. The highest BCUT2D eigenvalue weighted by atomic mass is 16.3. The predicted octanol–water partition coefficient (Wildman–Crippen LogP) is 0.210. The highest BCUT2D eigenvalue weighted by Gasteiger charge is 2.43. The molecule has 0 amide bonds. The molecule has 0 N–H and O–H groups in total. The lowest BCUT2D eigenvalue weighted by molar-refractivity contribution is -1.04. The van der Waals surface area contributed by atoms with Gasteiger partial charge in [-0.3, -0.25) is 0 Å². The molecule has 1 saturated heterocycles. The first-order valence-electron chi connectivity index (χ1n) is 3.68. The molecule has 0 aliphatic carbocycles. The Bertz CT molecular complexity index is 170. The van der Waals surface area contributed by atoms with Crippen LogP contribution < -0.4 is 0 Å². The number of quaternary nitrogens is 1. The third-order valence-electron chi connectivity index (χ3n) is 2.19. The van der Waals surface area contributed by atoms with E-state index in [0.717, 1.165) is 6.54 Å². The lowest BCUT2D eigenvalue weighted by Gasteiger charge is -2.48. The SMILES string of the molecule is CC1CN([N+](C)(C)N=O)N1C. The molecular weight excluding hydrogens is 144 g/mol. The third-order valence-corrected chi connectivity index (χ3v) is 2.19. The Morgan fingerprint density at radius 3 is 2.36 bits per heavy atom. The smallest absolute Gasteiger partial charge is 0.175 e. The van der Waals surface area contributed by atoms with Crippen LogP contribution in [0.15, 0.2) is 5.29 Å². The van der Waals surface area contributed by atoms with Crippen LogP contribution in [0.25, 0.3) is 0 Å². The molecule has 0 aromatic carbocycles. The van der Waals surface area contributed by atoms with Gasteiger partial charge in [0, 0.05) is 13.1 Å². The molecule has 0 radical (unpaired) electrons. The van der Waals surface area contributed by atoms with Crippen LogP contribution in [0.1, 0.15) is 6.92 Å². The van der Waals surface area contributed by atoms with Gasteiger partial charge in [0.15, 0.2) is 5.29 Å². The van der Waals surface area contributed by atoms with E-state index in [-0.39, 0.29) is 4.70 Å². The number of nitrogens with zero attached hydrogens (tertiary/aromatic N) is 4. The van der Waals surface area contributed by atoms with E-state index in [1.165, 1.54) is 0 Å². The quantitative estimate of drug-likeness (QED) is 0.328. The van der Waals surface area contributed by atoms with Gasteiger partial charge in [-0.25, -0.2) is 0 Å². The van der Waals surface area contributed by atoms with E-state index in [4.69, 9.17) is 0 Å². The Labute approximate surface area is 66.7 Å². The van der Waals surface area contributed by atoms with Crippen LogP contribution in [0.3, 0.4) is 0 Å². The zero-order valence-corrected chi connectivity index (χ0v) is 7.48. The minimum absolute atomic E-state index is 0.0425. The summed E-state index contributed by atoms with van der Waals surface area (Å²) in [5, 5.41) is 6.91. The van der Waals surface area contributed by atoms with Crippen LogP contribution in [0.5, 0.6) is 0 Å². The average molecular weight is 159 g/mol. The van der Waals surface area contributed by atoms with Crippen molar-refractivity contribution in [2.45, 2.75) is 13.0 Å². The molecule has 11 heavy (non-hydrogen) atoms. The van der Waals surface area contributed by atoms with E-state index in [9.17, 15) is 4.91 Å². The maximum atomic E-state index is 10.4. The maximum Gasteiger partial charge on any atom is 0.175 e. The summed E-state index contributed by atoms with van der Waals surface area (Å²) in [5.41, 5.74) is 0. The second-order valence-electron chi connectivity index (χ2n) is 3.40. The molecule has 1 fully saturated rings. The minimum Gasteiger partial charge on any atom is -0.193 e. The fourth-order valence-corrected chi connectivity index (χ4v) is 1.20. The van der Waals surface area contributed by atoms with Gasteiger partial charge in [0.25, 0.3) is 0 Å². The minimum atomic E-state index is 0.0425. The fourth-order valence-electron chi connectivity index (χ4n) is 1.20. The second kappa shape index (κ2) is 2.51. The number of hydrogen-bond donors (Lipinski definition) is 0. The summed E-state index contributed by atoms with van der Waals surface area (Å²) < 4.78 is 0.0425. The molecule has 1 unspecified atom stereocenters. The molecule has 5 nitrogen and oxygen atoms in total. The maximum absolute atomic E-state index is 10.4. The van der Waals surface area contributed by atoms with E-state index in [1.807, 2.05) is 17.2 Å². The van der Waals surface area contributed by atoms with Crippen molar-refractivity contribution in [1.29, 1.82) is 0 Å². The molecule has 0 aromatic rings. The molecule has 1 aliphatic heterocycles. The Kier molecular flexibility index (Phi) is 1.96. The summed E-state index contributed by atoms with van der Waals surface area (Å²) >= 11 is 0. The molecule has 1 aliphatic rings. The lowest BCUT2D eigenvalue weighted by atomic mass is 10.2. The zero-order chi connectivity index (χ0) is 8.65. The summed E-state index contributed by atoms with van der Waals surface area (Å²) in [6.07, 6.45) is 0. The molecule has 1 heterocycles. The van der Waals surface area contributed by atoms with Gasteiger partial charge in [-0.2, -0.15) is 5.01 Å². The summed E-state index contributed by atoms with van der Waals surface area (Å²) in [7, 11) is 5.48. The van der Waals surface area contributed by atoms with Crippen LogP contribution in [0, 0.1) is 4.91 Å². The van der Waals surface area contributed by atoms with Crippen LogP contribution >= 0.6 is 0 Å². The summed E-state index contributed by atoms with van der Waals surface area (Å²) in [5.74, 6) is 0. The van der Waals surface area contributed by atoms with Gasteiger partial charge < -0.3 is 0 Å². The highest BCUT2D eigenvalue weighted by molar-refractivity contribution is 4.70. The van der Waals surface area contributed by atoms with E-state index in [1.54, 1.807) is 14.1 Å². The number of rotatable bonds is 2. The molecule has 64 valence electrons. The van der Waals surface area contributed by atoms with Crippen molar-refractivity contribution in [3.63, 3.8) is 0 Å². The number of likely N-dealkylation sites (N-methyl/N-ethyl adjacent to an activating group) is 1. The second-order valence-corrected chi connectivity index (χ2v) is 3.40. The molecule has 0 aromatic heterocycles. The predicted molar refractivity (Wildman–Crippen MR) is 41.8 cm³/mol. The third kappa shape index (κ3) is 1.26. The zero-order valence-electron chi connectivity index (χ0n) is 7.48. The number of hydrogen-bond acceptors (Lipinski definition) is 4. The Morgan fingerprint density at radius 2 is 2.09 bits per heavy atom. The summed E-state index contributed by atoms with van der Waals surface area (Å²) in [6.45, 7) is 3.01. The average Bonchev–Trinajstić information content (AvgIpc) is 1.99. The molecule has 0 spiro atoms. The van der Waals surface area contributed by atoms with E-state index in [0.29, 0.717) is 6.04 Å².